The number of aliphatic hydroxyl groups is 1. The fraction of sp³-hybridized carbons (Fsp3) is 1.00. The van der Waals surface area contributed by atoms with Crippen LogP contribution in [-0.4, -0.2) is 11.2 Å². The molecule has 0 aliphatic rings. The first-order valence-electron chi connectivity index (χ1n) is 1.41. The van der Waals surface area contributed by atoms with Crippen molar-refractivity contribution in [3.05, 3.63) is 0 Å². The Morgan fingerprint density at radius 3 is 1.33 bits per heavy atom. The summed E-state index contributed by atoms with van der Waals surface area (Å²) in [5.74, 6) is 0. The zero-order valence-corrected chi connectivity index (χ0v) is 5.72. The molecule has 1 N–H and O–H groups in total. The van der Waals surface area contributed by atoms with Crippen molar-refractivity contribution in [2.75, 3.05) is 0 Å². The van der Waals surface area contributed by atoms with E-state index in [1.165, 1.54) is 0 Å². The number of hydrogen-bond donors (Lipinski definition) is 1. The first-order valence-corrected chi connectivity index (χ1v) is 1.41. The van der Waals surface area contributed by atoms with Crippen LogP contribution in [0.15, 0.2) is 0 Å². The molecule has 0 saturated carbocycles. The summed E-state index contributed by atoms with van der Waals surface area (Å²) in [4.78, 5) is 0. The van der Waals surface area contributed by atoms with Crippen LogP contribution in [0.1, 0.15) is 13.8 Å². The Hall–Kier alpha value is 0.769. The van der Waals surface area contributed by atoms with Gasteiger partial charge in [0.25, 0.3) is 0 Å². The second-order valence-corrected chi connectivity index (χ2v) is 1.09. The molecule has 3 heteroatoms. The molecular formula is C3H8ClMnO-. The Kier molecular flexibility index (Phi) is 24.4. The van der Waals surface area contributed by atoms with Crippen LogP contribution in [0, 0.1) is 0 Å². The average Bonchev–Trinajstić information content (AvgIpc) is 0.811. The number of rotatable bonds is 0. The van der Waals surface area contributed by atoms with Crippen molar-refractivity contribution in [2.45, 2.75) is 20.0 Å². The zero-order chi connectivity index (χ0) is 3.58. The summed E-state index contributed by atoms with van der Waals surface area (Å²) >= 11 is 0. The van der Waals surface area contributed by atoms with Crippen molar-refractivity contribution in [1.29, 1.82) is 0 Å². The average molecular weight is 150 g/mol. The molecule has 41 valence electrons. The molecule has 1 nitrogen and oxygen atoms in total. The predicted octanol–water partition coefficient (Wildman–Crippen LogP) is -2.61. The maximum Gasteiger partial charge on any atom is 0.0483 e. The van der Waals surface area contributed by atoms with E-state index in [-0.39, 0.29) is 35.6 Å². The largest absolute Gasteiger partial charge is 1.00 e. The van der Waals surface area contributed by atoms with E-state index in [0.717, 1.165) is 0 Å². The van der Waals surface area contributed by atoms with Gasteiger partial charge in [0.05, 0.1) is 0 Å². The van der Waals surface area contributed by atoms with E-state index in [9.17, 15) is 0 Å². The van der Waals surface area contributed by atoms with Gasteiger partial charge in [0.1, 0.15) is 0 Å². The van der Waals surface area contributed by atoms with Crippen LogP contribution >= 0.6 is 0 Å². The van der Waals surface area contributed by atoms with Gasteiger partial charge in [0.2, 0.25) is 0 Å². The normalized spacial score (nSPS) is 6.00. The molecule has 0 amide bonds. The van der Waals surface area contributed by atoms with Crippen molar-refractivity contribution < 1.29 is 34.6 Å². The molecule has 0 rings (SSSR count). The number of halogens is 1. The molecule has 0 aromatic rings. The van der Waals surface area contributed by atoms with E-state index in [2.05, 4.69) is 0 Å². The monoisotopic (exact) mass is 150 g/mol. The Morgan fingerprint density at radius 1 is 1.33 bits per heavy atom. The van der Waals surface area contributed by atoms with Crippen LogP contribution in [0.2, 0.25) is 0 Å². The minimum absolute atomic E-state index is 0. The van der Waals surface area contributed by atoms with Crippen molar-refractivity contribution in [2.24, 2.45) is 0 Å². The minimum atomic E-state index is -0.167. The minimum Gasteiger partial charge on any atom is -1.00 e. The summed E-state index contributed by atoms with van der Waals surface area (Å²) < 4.78 is 0. The molecule has 0 aromatic heterocycles. The molecule has 0 spiro atoms. The van der Waals surface area contributed by atoms with E-state index >= 15 is 0 Å². The smallest absolute Gasteiger partial charge is 0.0483 e. The Labute approximate surface area is 55.0 Å². The molecule has 6 heavy (non-hydrogen) atoms. The summed E-state index contributed by atoms with van der Waals surface area (Å²) in [5, 5.41) is 8.06. The quantitative estimate of drug-likeness (QED) is 0.375. The van der Waals surface area contributed by atoms with Crippen molar-refractivity contribution in [3.63, 3.8) is 0 Å². The molecule has 0 aromatic carbocycles. The second-order valence-electron chi connectivity index (χ2n) is 1.09. The molecule has 0 atom stereocenters. The second kappa shape index (κ2) is 9.24. The number of aliphatic hydroxyl groups excluding tert-OH is 1. The van der Waals surface area contributed by atoms with Gasteiger partial charge in [0.15, 0.2) is 0 Å². The van der Waals surface area contributed by atoms with Crippen LogP contribution in [0.4, 0.5) is 0 Å². The van der Waals surface area contributed by atoms with Crippen molar-refractivity contribution in [3.8, 4) is 0 Å². The molecule has 0 aliphatic heterocycles. The van der Waals surface area contributed by atoms with Crippen molar-refractivity contribution in [1.82, 2.24) is 0 Å². The van der Waals surface area contributed by atoms with Gasteiger partial charge in [-0.15, -0.1) is 0 Å². The molecule has 1 radical (unpaired) electrons. The van der Waals surface area contributed by atoms with Gasteiger partial charge in [-0.25, -0.2) is 0 Å². The van der Waals surface area contributed by atoms with E-state index < -0.39 is 0 Å². The summed E-state index contributed by atoms with van der Waals surface area (Å²) in [5.41, 5.74) is 0. The van der Waals surface area contributed by atoms with Gasteiger partial charge in [0, 0.05) is 23.2 Å². The SMILES string of the molecule is CC(C)O.[Cl-].[Mn]. The molecule has 0 fully saturated rings. The van der Waals surface area contributed by atoms with Gasteiger partial charge >= 0.3 is 0 Å². The molecular weight excluding hydrogens is 142 g/mol. The van der Waals surface area contributed by atoms with Gasteiger partial charge in [-0.3, -0.25) is 0 Å². The summed E-state index contributed by atoms with van der Waals surface area (Å²) in [6.45, 7) is 3.44. The molecule has 0 saturated heterocycles. The molecule has 0 unspecified atom stereocenters. The Morgan fingerprint density at radius 2 is 1.33 bits per heavy atom. The maximum absolute atomic E-state index is 8.06. The molecule has 0 heterocycles. The van der Waals surface area contributed by atoms with Gasteiger partial charge in [-0.05, 0) is 13.8 Å². The topological polar surface area (TPSA) is 20.2 Å². The molecule has 0 aliphatic carbocycles. The summed E-state index contributed by atoms with van der Waals surface area (Å²) in [6, 6.07) is 0. The fourth-order valence-electron chi connectivity index (χ4n) is 0. The van der Waals surface area contributed by atoms with E-state index in [1.54, 1.807) is 13.8 Å². The first kappa shape index (κ1) is 15.9. The number of hydrogen-bond acceptors (Lipinski definition) is 1. The van der Waals surface area contributed by atoms with E-state index in [1.807, 2.05) is 0 Å². The zero-order valence-electron chi connectivity index (χ0n) is 3.78. The Bertz CT molecular complexity index is 15.5. The summed E-state index contributed by atoms with van der Waals surface area (Å²) in [6.07, 6.45) is -0.167. The standard InChI is InChI=1S/C3H8O.ClH.Mn/c1-3(2)4;;/h3-4H,1-2H3;1H;/p-1. The fourth-order valence-corrected chi connectivity index (χ4v) is 0. The van der Waals surface area contributed by atoms with Gasteiger partial charge in [-0.1, -0.05) is 0 Å². The van der Waals surface area contributed by atoms with Gasteiger partial charge < -0.3 is 17.5 Å². The van der Waals surface area contributed by atoms with E-state index in [0.29, 0.717) is 0 Å². The van der Waals surface area contributed by atoms with Crippen LogP contribution in [0.5, 0.6) is 0 Å². The van der Waals surface area contributed by atoms with Crippen LogP contribution < -0.4 is 12.4 Å². The van der Waals surface area contributed by atoms with Crippen LogP contribution in [-0.2, 0) is 17.1 Å². The third-order valence-electron chi connectivity index (χ3n) is 0. The molecule has 0 bridgehead atoms. The predicted molar refractivity (Wildman–Crippen MR) is 17.4 cm³/mol. The Balaban J connectivity index is -0.0000000450. The third kappa shape index (κ3) is 114. The van der Waals surface area contributed by atoms with Gasteiger partial charge in [-0.2, -0.15) is 0 Å². The van der Waals surface area contributed by atoms with Crippen LogP contribution in [0.3, 0.4) is 0 Å². The van der Waals surface area contributed by atoms with Crippen molar-refractivity contribution >= 4 is 0 Å². The summed E-state index contributed by atoms with van der Waals surface area (Å²) in [7, 11) is 0. The maximum atomic E-state index is 8.06. The first-order chi connectivity index (χ1) is 1.73. The van der Waals surface area contributed by atoms with Crippen LogP contribution in [0.25, 0.3) is 0 Å². The van der Waals surface area contributed by atoms with E-state index in [4.69, 9.17) is 5.11 Å². The third-order valence-corrected chi connectivity index (χ3v) is 0.